The minimum atomic E-state index is -3.59. The molecule has 1 aliphatic rings. The number of carbonyl (C=O) groups is 2. The summed E-state index contributed by atoms with van der Waals surface area (Å²) in [6.07, 6.45) is 3.02. The van der Waals surface area contributed by atoms with E-state index in [0.29, 0.717) is 18.7 Å². The molecular weight excluding hydrogens is 380 g/mol. The molecule has 0 atom stereocenters. The number of benzene rings is 1. The van der Waals surface area contributed by atoms with Gasteiger partial charge in [-0.15, -0.1) is 0 Å². The molecule has 0 radical (unpaired) electrons. The van der Waals surface area contributed by atoms with Gasteiger partial charge in [0.2, 0.25) is 15.9 Å². The van der Waals surface area contributed by atoms with Crippen LogP contribution in [0.2, 0.25) is 0 Å². The zero-order valence-corrected chi connectivity index (χ0v) is 16.1. The van der Waals surface area contributed by atoms with Crippen molar-refractivity contribution < 1.29 is 18.0 Å². The van der Waals surface area contributed by atoms with E-state index < -0.39 is 10.0 Å². The zero-order valence-electron chi connectivity index (χ0n) is 15.3. The number of nitrogens with one attached hydrogen (secondary N) is 1. The molecule has 9 heteroatoms. The molecule has 1 aromatic heterocycles. The molecule has 2 amide bonds. The Morgan fingerprint density at radius 2 is 1.71 bits per heavy atom. The van der Waals surface area contributed by atoms with Crippen LogP contribution in [-0.4, -0.2) is 67.1 Å². The van der Waals surface area contributed by atoms with Gasteiger partial charge in [-0.3, -0.25) is 14.6 Å². The van der Waals surface area contributed by atoms with Gasteiger partial charge in [0.15, 0.2) is 0 Å². The number of piperazine rings is 1. The van der Waals surface area contributed by atoms with Gasteiger partial charge in [0, 0.05) is 57.1 Å². The third kappa shape index (κ3) is 4.73. The predicted molar refractivity (Wildman–Crippen MR) is 103 cm³/mol. The van der Waals surface area contributed by atoms with Gasteiger partial charge in [0.25, 0.3) is 5.91 Å². The number of aromatic nitrogens is 1. The Morgan fingerprint density at radius 1 is 1.00 bits per heavy atom. The highest BCUT2D eigenvalue weighted by Gasteiger charge is 2.30. The third-order valence-electron chi connectivity index (χ3n) is 4.52. The lowest BCUT2D eigenvalue weighted by Crippen LogP contribution is -2.50. The molecule has 0 unspecified atom stereocenters. The van der Waals surface area contributed by atoms with Gasteiger partial charge >= 0.3 is 0 Å². The highest BCUT2D eigenvalue weighted by Crippen LogP contribution is 2.16. The second-order valence-electron chi connectivity index (χ2n) is 6.35. The molecule has 0 saturated carbocycles. The number of pyridine rings is 1. The van der Waals surface area contributed by atoms with E-state index in [1.807, 2.05) is 6.07 Å². The second kappa shape index (κ2) is 8.94. The van der Waals surface area contributed by atoms with Gasteiger partial charge in [0.1, 0.15) is 4.90 Å². The minimum absolute atomic E-state index is 0.105. The summed E-state index contributed by atoms with van der Waals surface area (Å²) in [5.41, 5.74) is 0.546. The van der Waals surface area contributed by atoms with Crippen molar-refractivity contribution >= 4 is 21.8 Å². The Kier molecular flexibility index (Phi) is 6.37. The predicted octanol–water partition coefficient (Wildman–Crippen LogP) is 0.735. The normalized spacial score (nSPS) is 15.2. The summed E-state index contributed by atoms with van der Waals surface area (Å²) >= 11 is 0. The molecule has 0 aliphatic carbocycles. The fraction of sp³-hybridized carbons (Fsp3) is 0.316. The number of hydrogen-bond acceptors (Lipinski definition) is 5. The number of hydrogen-bond donors (Lipinski definition) is 1. The monoisotopic (exact) mass is 402 g/mol. The van der Waals surface area contributed by atoms with Crippen LogP contribution < -0.4 is 5.32 Å². The average Bonchev–Trinajstić information content (AvgIpc) is 2.75. The molecule has 1 saturated heterocycles. The van der Waals surface area contributed by atoms with Crippen LogP contribution in [0, 0.1) is 0 Å². The Balaban J connectivity index is 1.46. The van der Waals surface area contributed by atoms with E-state index in [-0.39, 0.29) is 42.8 Å². The van der Waals surface area contributed by atoms with E-state index in [1.54, 1.807) is 35.2 Å². The highest BCUT2D eigenvalue weighted by atomic mass is 32.2. The highest BCUT2D eigenvalue weighted by molar-refractivity contribution is 7.89. The van der Waals surface area contributed by atoms with Crippen molar-refractivity contribution in [1.29, 1.82) is 0 Å². The van der Waals surface area contributed by atoms with Crippen LogP contribution in [0.3, 0.4) is 0 Å². The minimum Gasteiger partial charge on any atom is -0.352 e. The lowest BCUT2D eigenvalue weighted by molar-refractivity contribution is -0.132. The van der Waals surface area contributed by atoms with E-state index in [0.717, 1.165) is 0 Å². The van der Waals surface area contributed by atoms with Crippen molar-refractivity contribution in [3.63, 3.8) is 0 Å². The molecule has 1 N–H and O–H groups in total. The van der Waals surface area contributed by atoms with Crippen LogP contribution in [0.25, 0.3) is 0 Å². The summed E-state index contributed by atoms with van der Waals surface area (Å²) in [5, 5.41) is 2.72. The Bertz CT molecular complexity index is 911. The van der Waals surface area contributed by atoms with Gasteiger partial charge < -0.3 is 10.2 Å². The topological polar surface area (TPSA) is 99.7 Å². The van der Waals surface area contributed by atoms with E-state index in [4.69, 9.17) is 0 Å². The Morgan fingerprint density at radius 3 is 2.36 bits per heavy atom. The molecule has 1 aromatic carbocycles. The van der Waals surface area contributed by atoms with Crippen LogP contribution in [0.5, 0.6) is 0 Å². The molecule has 1 fully saturated rings. The quantitative estimate of drug-likeness (QED) is 0.768. The van der Waals surface area contributed by atoms with Gasteiger partial charge in [-0.25, -0.2) is 8.42 Å². The fourth-order valence-corrected chi connectivity index (χ4v) is 4.35. The van der Waals surface area contributed by atoms with Crippen LogP contribution in [0.4, 0.5) is 0 Å². The summed E-state index contributed by atoms with van der Waals surface area (Å²) in [5.74, 6) is -0.326. The average molecular weight is 402 g/mol. The first kappa shape index (κ1) is 20.0. The zero-order chi connectivity index (χ0) is 20.0. The molecule has 2 heterocycles. The number of carbonyl (C=O) groups excluding carboxylic acids is 2. The summed E-state index contributed by atoms with van der Waals surface area (Å²) in [7, 11) is -3.59. The molecule has 0 spiro atoms. The maximum Gasteiger partial charge on any atom is 0.251 e. The van der Waals surface area contributed by atoms with Gasteiger partial charge in [-0.2, -0.15) is 4.31 Å². The second-order valence-corrected chi connectivity index (χ2v) is 8.28. The maximum absolute atomic E-state index is 12.6. The first-order valence-electron chi connectivity index (χ1n) is 9.00. The van der Waals surface area contributed by atoms with E-state index >= 15 is 0 Å². The number of rotatable bonds is 6. The van der Waals surface area contributed by atoms with Crippen LogP contribution in [0.1, 0.15) is 16.8 Å². The molecule has 28 heavy (non-hydrogen) atoms. The van der Waals surface area contributed by atoms with Crippen molar-refractivity contribution in [1.82, 2.24) is 19.5 Å². The number of amides is 2. The smallest absolute Gasteiger partial charge is 0.251 e. The van der Waals surface area contributed by atoms with Crippen molar-refractivity contribution in [3.8, 4) is 0 Å². The van der Waals surface area contributed by atoms with Crippen LogP contribution >= 0.6 is 0 Å². The number of nitrogens with zero attached hydrogens (tertiary/aromatic N) is 3. The summed E-state index contributed by atoms with van der Waals surface area (Å²) in [4.78, 5) is 29.9. The van der Waals surface area contributed by atoms with Crippen molar-refractivity contribution in [3.05, 3.63) is 60.4 Å². The fourth-order valence-electron chi connectivity index (χ4n) is 2.96. The molecule has 2 aromatic rings. The van der Waals surface area contributed by atoms with E-state index in [9.17, 15) is 18.0 Å². The molecule has 3 rings (SSSR count). The largest absolute Gasteiger partial charge is 0.352 e. The molecule has 8 nitrogen and oxygen atoms in total. The standard InChI is InChI=1S/C19H22N4O4S/c24-18(8-10-21-19(25)16-5-2-1-3-6-16)22-11-13-23(14-12-22)28(26,27)17-7-4-9-20-15-17/h1-7,9,15H,8,10-14H2,(H,21,25). The summed E-state index contributed by atoms with van der Waals surface area (Å²) in [6.45, 7) is 1.36. The Hall–Kier alpha value is -2.78. The van der Waals surface area contributed by atoms with E-state index in [1.165, 1.54) is 22.8 Å². The number of sulfonamides is 1. The molecular formula is C19H22N4O4S. The van der Waals surface area contributed by atoms with Gasteiger partial charge in [-0.05, 0) is 24.3 Å². The summed E-state index contributed by atoms with van der Waals surface area (Å²) in [6, 6.07) is 11.9. The van der Waals surface area contributed by atoms with Gasteiger partial charge in [-0.1, -0.05) is 18.2 Å². The molecule has 0 bridgehead atoms. The van der Waals surface area contributed by atoms with Gasteiger partial charge in [0.05, 0.1) is 0 Å². The van der Waals surface area contributed by atoms with Crippen LogP contribution in [-0.2, 0) is 14.8 Å². The van der Waals surface area contributed by atoms with E-state index in [2.05, 4.69) is 10.3 Å². The first-order valence-corrected chi connectivity index (χ1v) is 10.4. The van der Waals surface area contributed by atoms with Crippen molar-refractivity contribution in [2.24, 2.45) is 0 Å². The third-order valence-corrected chi connectivity index (χ3v) is 6.41. The first-order chi connectivity index (χ1) is 13.5. The molecule has 148 valence electrons. The molecule has 1 aliphatic heterocycles. The van der Waals surface area contributed by atoms with Crippen LogP contribution in [0.15, 0.2) is 59.8 Å². The maximum atomic E-state index is 12.6. The Labute approximate surface area is 164 Å². The SMILES string of the molecule is O=C(NCCC(=O)N1CCN(S(=O)(=O)c2cccnc2)CC1)c1ccccc1. The lowest BCUT2D eigenvalue weighted by Gasteiger charge is -2.34. The van der Waals surface area contributed by atoms with Crippen molar-refractivity contribution in [2.45, 2.75) is 11.3 Å². The summed E-state index contributed by atoms with van der Waals surface area (Å²) < 4.78 is 26.5. The lowest BCUT2D eigenvalue weighted by atomic mass is 10.2. The van der Waals surface area contributed by atoms with Crippen molar-refractivity contribution in [2.75, 3.05) is 32.7 Å².